The van der Waals surface area contributed by atoms with Gasteiger partial charge in [-0.25, -0.2) is 22.9 Å². The monoisotopic (exact) mass is 349 g/mol. The summed E-state index contributed by atoms with van der Waals surface area (Å²) in [4.78, 5) is 5.95. The molecular weight excluding hydrogens is 329 g/mol. The van der Waals surface area contributed by atoms with Crippen molar-refractivity contribution < 1.29 is 12.8 Å². The molecule has 2 N–H and O–H groups in total. The first kappa shape index (κ1) is 18.1. The first-order valence-electron chi connectivity index (χ1n) is 7.26. The maximum atomic E-state index is 14.4. The highest BCUT2D eigenvalue weighted by Crippen LogP contribution is 2.26. The maximum absolute atomic E-state index is 14.4. The predicted octanol–water partition coefficient (Wildman–Crippen LogP) is 2.73. The van der Waals surface area contributed by atoms with E-state index in [4.69, 9.17) is 5.14 Å². The van der Waals surface area contributed by atoms with Crippen LogP contribution in [-0.2, 0) is 10.0 Å². The third kappa shape index (κ3) is 3.80. The van der Waals surface area contributed by atoms with E-state index in [0.717, 1.165) is 17.2 Å². The van der Waals surface area contributed by atoms with E-state index in [0.29, 0.717) is 11.4 Å². The van der Waals surface area contributed by atoms with Crippen molar-refractivity contribution >= 4 is 21.5 Å². The zero-order valence-electron chi connectivity index (χ0n) is 14.0. The fourth-order valence-corrected chi connectivity index (χ4v) is 3.15. The molecule has 128 valence electrons. The van der Waals surface area contributed by atoms with Crippen LogP contribution in [0.25, 0.3) is 0 Å². The van der Waals surface area contributed by atoms with Crippen molar-refractivity contribution in [2.45, 2.75) is 18.7 Å². The third-order valence-electron chi connectivity index (χ3n) is 3.59. The van der Waals surface area contributed by atoms with Crippen LogP contribution in [0.4, 0.5) is 10.1 Å². The van der Waals surface area contributed by atoms with Crippen molar-refractivity contribution in [3.8, 4) is 0 Å². The summed E-state index contributed by atoms with van der Waals surface area (Å²) >= 11 is 0. The average molecular weight is 349 g/mol. The maximum Gasteiger partial charge on any atom is 0.238 e. The van der Waals surface area contributed by atoms with Crippen molar-refractivity contribution in [3.63, 3.8) is 0 Å². The number of sulfonamides is 1. The Bertz CT molecular complexity index is 906. The highest BCUT2D eigenvalue weighted by Gasteiger charge is 2.17. The van der Waals surface area contributed by atoms with Crippen LogP contribution in [0.2, 0.25) is 0 Å². The first-order chi connectivity index (χ1) is 11.1. The topological polar surface area (TPSA) is 75.8 Å². The molecule has 0 saturated carbocycles. The Morgan fingerprint density at radius 3 is 2.29 bits per heavy atom. The van der Waals surface area contributed by atoms with Gasteiger partial charge in [0.1, 0.15) is 17.3 Å². The molecule has 0 saturated heterocycles. The summed E-state index contributed by atoms with van der Waals surface area (Å²) in [5.74, 6) is -0.160. The fourth-order valence-electron chi connectivity index (χ4n) is 2.38. The van der Waals surface area contributed by atoms with Crippen LogP contribution in [0, 0.1) is 19.7 Å². The Morgan fingerprint density at radius 1 is 1.12 bits per heavy atom. The molecule has 2 aromatic rings. The van der Waals surface area contributed by atoms with Gasteiger partial charge in [-0.05, 0) is 37.1 Å². The molecule has 5 nitrogen and oxygen atoms in total. The number of primary sulfonamides is 1. The molecule has 0 aliphatic carbocycles. The van der Waals surface area contributed by atoms with Crippen LogP contribution < -0.4 is 5.14 Å². The van der Waals surface area contributed by atoms with Crippen molar-refractivity contribution in [3.05, 3.63) is 58.9 Å². The van der Waals surface area contributed by atoms with E-state index < -0.39 is 15.8 Å². The summed E-state index contributed by atoms with van der Waals surface area (Å²) in [5.41, 5.74) is 2.28. The van der Waals surface area contributed by atoms with Crippen molar-refractivity contribution in [2.24, 2.45) is 10.1 Å². The van der Waals surface area contributed by atoms with E-state index in [1.165, 1.54) is 6.07 Å². The molecule has 0 aliphatic heterocycles. The second kappa shape index (κ2) is 6.70. The number of hydrogen-bond acceptors (Lipinski definition) is 3. The second-order valence-corrected chi connectivity index (χ2v) is 7.29. The van der Waals surface area contributed by atoms with E-state index in [1.54, 1.807) is 11.8 Å². The highest BCUT2D eigenvalue weighted by atomic mass is 32.2. The minimum Gasteiger partial charge on any atom is -0.362 e. The fraction of sp³-hybridized carbons (Fsp3) is 0.235. The number of nitrogens with two attached hydrogens (primary N) is 1. The Kier molecular flexibility index (Phi) is 5.05. The Morgan fingerprint density at radius 2 is 1.75 bits per heavy atom. The second-order valence-electron chi connectivity index (χ2n) is 5.76. The van der Waals surface area contributed by atoms with Crippen molar-refractivity contribution in [2.75, 3.05) is 14.1 Å². The van der Waals surface area contributed by atoms with Crippen LogP contribution in [0.3, 0.4) is 0 Å². The van der Waals surface area contributed by atoms with Gasteiger partial charge in [0, 0.05) is 19.7 Å². The van der Waals surface area contributed by atoms with Gasteiger partial charge in [-0.3, -0.25) is 0 Å². The summed E-state index contributed by atoms with van der Waals surface area (Å²) in [7, 11) is -0.347. The zero-order valence-corrected chi connectivity index (χ0v) is 14.9. The minimum atomic E-state index is -3.98. The lowest BCUT2D eigenvalue weighted by Crippen LogP contribution is -2.23. The van der Waals surface area contributed by atoms with Gasteiger partial charge in [0.05, 0.1) is 4.90 Å². The molecule has 0 heterocycles. The van der Waals surface area contributed by atoms with Gasteiger partial charge in [-0.1, -0.05) is 24.3 Å². The van der Waals surface area contributed by atoms with E-state index in [1.807, 2.05) is 45.3 Å². The number of hydrogen-bond donors (Lipinski definition) is 1. The smallest absolute Gasteiger partial charge is 0.238 e. The standard InChI is InChI=1S/C17H20FN3O2S/c1-11-7-5-6-8-13(11)17(21(3)4)20-15-9-12(2)16(10-14(15)18)24(19,22)23/h5-10H,1-4H3,(H2,19,22,23). The molecule has 0 fully saturated rings. The van der Waals surface area contributed by atoms with E-state index in [2.05, 4.69) is 4.99 Å². The Hall–Kier alpha value is -2.25. The van der Waals surface area contributed by atoms with Gasteiger partial charge in [0.25, 0.3) is 0 Å². The first-order valence-corrected chi connectivity index (χ1v) is 8.81. The van der Waals surface area contributed by atoms with Crippen LogP contribution >= 0.6 is 0 Å². The third-order valence-corrected chi connectivity index (χ3v) is 4.64. The molecular formula is C17H20FN3O2S. The van der Waals surface area contributed by atoms with Gasteiger partial charge in [-0.15, -0.1) is 0 Å². The number of amidine groups is 1. The SMILES string of the molecule is Cc1ccccc1C(=Nc1cc(C)c(S(N)(=O)=O)cc1F)N(C)C. The summed E-state index contributed by atoms with van der Waals surface area (Å²) in [6.45, 7) is 3.50. The van der Waals surface area contributed by atoms with E-state index in [-0.39, 0.29) is 10.6 Å². The Balaban J connectivity index is 2.64. The van der Waals surface area contributed by atoms with E-state index in [9.17, 15) is 12.8 Å². The normalized spacial score (nSPS) is 12.3. The molecule has 24 heavy (non-hydrogen) atoms. The number of nitrogens with zero attached hydrogens (tertiary/aromatic N) is 2. The largest absolute Gasteiger partial charge is 0.362 e. The average Bonchev–Trinajstić information content (AvgIpc) is 2.47. The quantitative estimate of drug-likeness (QED) is 0.684. The lowest BCUT2D eigenvalue weighted by Gasteiger charge is -2.18. The molecule has 0 amide bonds. The molecule has 7 heteroatoms. The highest BCUT2D eigenvalue weighted by molar-refractivity contribution is 7.89. The number of benzene rings is 2. The lowest BCUT2D eigenvalue weighted by atomic mass is 10.1. The van der Waals surface area contributed by atoms with Gasteiger partial charge in [-0.2, -0.15) is 0 Å². The van der Waals surface area contributed by atoms with Crippen LogP contribution in [-0.4, -0.2) is 33.2 Å². The van der Waals surface area contributed by atoms with Gasteiger partial charge in [0.2, 0.25) is 10.0 Å². The molecule has 2 rings (SSSR count). The zero-order chi connectivity index (χ0) is 18.1. The molecule has 0 atom stereocenters. The summed E-state index contributed by atoms with van der Waals surface area (Å²) in [5, 5.41) is 5.10. The minimum absolute atomic E-state index is 0.0619. The molecule has 0 radical (unpaired) electrons. The molecule has 0 aliphatic rings. The van der Waals surface area contributed by atoms with Crippen LogP contribution in [0.5, 0.6) is 0 Å². The number of aryl methyl sites for hydroxylation is 2. The molecule has 0 spiro atoms. The predicted molar refractivity (Wildman–Crippen MR) is 93.6 cm³/mol. The van der Waals surface area contributed by atoms with Crippen LogP contribution in [0.1, 0.15) is 16.7 Å². The number of halogens is 1. The van der Waals surface area contributed by atoms with E-state index >= 15 is 0 Å². The summed E-state index contributed by atoms with van der Waals surface area (Å²) in [6, 6.07) is 9.94. The lowest BCUT2D eigenvalue weighted by molar-refractivity contribution is 0.591. The van der Waals surface area contributed by atoms with Crippen LogP contribution in [0.15, 0.2) is 46.3 Å². The molecule has 0 unspecified atom stereocenters. The Labute approximate surface area is 141 Å². The van der Waals surface area contributed by atoms with Gasteiger partial charge >= 0.3 is 0 Å². The molecule has 0 bridgehead atoms. The molecule has 0 aromatic heterocycles. The molecule has 2 aromatic carbocycles. The summed E-state index contributed by atoms with van der Waals surface area (Å²) < 4.78 is 37.3. The van der Waals surface area contributed by atoms with Crippen molar-refractivity contribution in [1.29, 1.82) is 0 Å². The number of aliphatic imine (C=N–C) groups is 1. The van der Waals surface area contributed by atoms with Gasteiger partial charge < -0.3 is 4.90 Å². The van der Waals surface area contributed by atoms with Crippen molar-refractivity contribution in [1.82, 2.24) is 4.90 Å². The van der Waals surface area contributed by atoms with Gasteiger partial charge in [0.15, 0.2) is 0 Å². The summed E-state index contributed by atoms with van der Waals surface area (Å²) in [6.07, 6.45) is 0. The number of rotatable bonds is 3.